The molecule has 8 heteroatoms. The molecule has 0 unspecified atom stereocenters. The Bertz CT molecular complexity index is 1560. The first-order chi connectivity index (χ1) is 18.5. The fraction of sp³-hybridized carbons (Fsp3) is 0.267. The molecule has 0 saturated carbocycles. The van der Waals surface area contributed by atoms with Crippen LogP contribution >= 0.6 is 0 Å². The van der Waals surface area contributed by atoms with Gasteiger partial charge >= 0.3 is 0 Å². The Morgan fingerprint density at radius 1 is 0.974 bits per heavy atom. The van der Waals surface area contributed by atoms with Crippen LogP contribution in [0.5, 0.6) is 5.75 Å². The number of aromatic nitrogens is 5. The molecule has 1 atom stereocenters. The minimum atomic E-state index is -0.113. The van der Waals surface area contributed by atoms with Crippen molar-refractivity contribution >= 4 is 10.9 Å². The number of pyridine rings is 1. The standard InChI is InChI=1S/C30H32N6O2/c1-4-28(29-32-33-34-36(29)19-22-8-6-5-7-9-22)35(18-23-12-10-21(2)11-13-23)20-25-16-24-14-15-26(38-3)17-27(24)31-30(25)37/h5-17,28H,4,18-20H2,1-3H3,(H,31,37)/t28-/m1/s1. The van der Waals surface area contributed by atoms with Crippen molar-refractivity contribution in [2.24, 2.45) is 0 Å². The van der Waals surface area contributed by atoms with E-state index in [9.17, 15) is 4.79 Å². The van der Waals surface area contributed by atoms with E-state index in [4.69, 9.17) is 4.74 Å². The molecule has 194 valence electrons. The van der Waals surface area contributed by atoms with Crippen molar-refractivity contribution in [3.05, 3.63) is 117 Å². The van der Waals surface area contributed by atoms with Crippen molar-refractivity contribution in [1.82, 2.24) is 30.1 Å². The maximum atomic E-state index is 13.2. The van der Waals surface area contributed by atoms with Crippen LogP contribution in [-0.4, -0.2) is 37.2 Å². The summed E-state index contributed by atoms with van der Waals surface area (Å²) in [5.74, 6) is 1.49. The minimum Gasteiger partial charge on any atom is -0.497 e. The zero-order valence-corrected chi connectivity index (χ0v) is 22.0. The molecule has 0 aliphatic rings. The summed E-state index contributed by atoms with van der Waals surface area (Å²) in [6.45, 7) is 5.89. The molecule has 38 heavy (non-hydrogen) atoms. The summed E-state index contributed by atoms with van der Waals surface area (Å²) in [7, 11) is 1.62. The fourth-order valence-corrected chi connectivity index (χ4v) is 4.82. The van der Waals surface area contributed by atoms with Crippen LogP contribution in [0, 0.1) is 6.92 Å². The number of ether oxygens (including phenoxy) is 1. The Morgan fingerprint density at radius 2 is 1.76 bits per heavy atom. The second-order valence-electron chi connectivity index (χ2n) is 9.57. The summed E-state index contributed by atoms with van der Waals surface area (Å²) in [5.41, 5.74) is 4.83. The maximum absolute atomic E-state index is 13.2. The van der Waals surface area contributed by atoms with Gasteiger partial charge in [0.05, 0.1) is 25.2 Å². The highest BCUT2D eigenvalue weighted by Gasteiger charge is 2.26. The largest absolute Gasteiger partial charge is 0.497 e. The van der Waals surface area contributed by atoms with Gasteiger partial charge in [0.25, 0.3) is 5.56 Å². The molecule has 1 N–H and O–H groups in total. The monoisotopic (exact) mass is 508 g/mol. The summed E-state index contributed by atoms with van der Waals surface area (Å²) < 4.78 is 7.19. The number of H-pyrrole nitrogens is 1. The predicted octanol–water partition coefficient (Wildman–Crippen LogP) is 5.03. The second-order valence-corrected chi connectivity index (χ2v) is 9.57. The Labute approximate surface area is 221 Å². The Kier molecular flexibility index (Phi) is 7.60. The Hall–Kier alpha value is -4.30. The molecule has 3 aromatic carbocycles. The number of nitrogens with one attached hydrogen (secondary N) is 1. The van der Waals surface area contributed by atoms with Crippen LogP contribution in [-0.2, 0) is 19.6 Å². The third kappa shape index (κ3) is 5.65. The third-order valence-electron chi connectivity index (χ3n) is 6.87. The van der Waals surface area contributed by atoms with E-state index in [-0.39, 0.29) is 11.6 Å². The zero-order valence-electron chi connectivity index (χ0n) is 22.0. The van der Waals surface area contributed by atoms with Crippen molar-refractivity contribution in [3.8, 4) is 5.75 Å². The molecule has 2 aromatic heterocycles. The van der Waals surface area contributed by atoms with Crippen LogP contribution in [0.25, 0.3) is 10.9 Å². The van der Waals surface area contributed by atoms with Gasteiger partial charge in [0, 0.05) is 24.7 Å². The van der Waals surface area contributed by atoms with Gasteiger partial charge in [0.15, 0.2) is 5.82 Å². The van der Waals surface area contributed by atoms with Crippen LogP contribution in [0.3, 0.4) is 0 Å². The van der Waals surface area contributed by atoms with E-state index in [0.717, 1.165) is 34.3 Å². The number of hydrogen-bond acceptors (Lipinski definition) is 6. The summed E-state index contributed by atoms with van der Waals surface area (Å²) in [5, 5.41) is 13.7. The molecule has 0 fully saturated rings. The lowest BCUT2D eigenvalue weighted by atomic mass is 10.1. The molecule has 0 spiro atoms. The van der Waals surface area contributed by atoms with E-state index >= 15 is 0 Å². The number of benzene rings is 3. The van der Waals surface area contributed by atoms with Crippen LogP contribution < -0.4 is 10.3 Å². The predicted molar refractivity (Wildman–Crippen MR) is 148 cm³/mol. The number of fused-ring (bicyclic) bond motifs is 1. The lowest BCUT2D eigenvalue weighted by Gasteiger charge is -2.30. The van der Waals surface area contributed by atoms with Gasteiger partial charge in [-0.2, -0.15) is 0 Å². The lowest BCUT2D eigenvalue weighted by molar-refractivity contribution is 0.161. The molecule has 5 rings (SSSR count). The number of nitrogens with zero attached hydrogens (tertiary/aromatic N) is 5. The minimum absolute atomic E-state index is 0.0963. The summed E-state index contributed by atoms with van der Waals surface area (Å²) in [6.07, 6.45) is 0.781. The quantitative estimate of drug-likeness (QED) is 0.285. The first kappa shape index (κ1) is 25.4. The van der Waals surface area contributed by atoms with Crippen molar-refractivity contribution < 1.29 is 4.74 Å². The topological polar surface area (TPSA) is 88.9 Å². The maximum Gasteiger partial charge on any atom is 0.252 e. The Balaban J connectivity index is 1.51. The van der Waals surface area contributed by atoms with E-state index < -0.39 is 0 Å². The van der Waals surface area contributed by atoms with E-state index in [2.05, 4.69) is 75.7 Å². The second kappa shape index (κ2) is 11.4. The van der Waals surface area contributed by atoms with Gasteiger partial charge < -0.3 is 9.72 Å². The highest BCUT2D eigenvalue weighted by atomic mass is 16.5. The van der Waals surface area contributed by atoms with Crippen molar-refractivity contribution in [3.63, 3.8) is 0 Å². The Morgan fingerprint density at radius 3 is 2.50 bits per heavy atom. The molecule has 0 saturated heterocycles. The summed E-state index contributed by atoms with van der Waals surface area (Å²) >= 11 is 0. The molecule has 8 nitrogen and oxygen atoms in total. The molecular weight excluding hydrogens is 476 g/mol. The smallest absolute Gasteiger partial charge is 0.252 e. The van der Waals surface area contributed by atoms with Crippen LogP contribution in [0.4, 0.5) is 0 Å². The van der Waals surface area contributed by atoms with E-state index in [1.807, 2.05) is 47.1 Å². The third-order valence-corrected chi connectivity index (χ3v) is 6.87. The average Bonchev–Trinajstić information content (AvgIpc) is 3.38. The highest BCUT2D eigenvalue weighted by Crippen LogP contribution is 2.27. The molecular formula is C30H32N6O2. The van der Waals surface area contributed by atoms with Crippen molar-refractivity contribution in [1.29, 1.82) is 0 Å². The number of tetrazole rings is 1. The van der Waals surface area contributed by atoms with Gasteiger partial charge in [-0.25, -0.2) is 4.68 Å². The molecule has 2 heterocycles. The normalized spacial score (nSPS) is 12.2. The average molecular weight is 509 g/mol. The van der Waals surface area contributed by atoms with Gasteiger partial charge in [0.2, 0.25) is 0 Å². The molecule has 5 aromatic rings. The van der Waals surface area contributed by atoms with E-state index in [0.29, 0.717) is 30.9 Å². The van der Waals surface area contributed by atoms with Crippen LogP contribution in [0.1, 0.15) is 47.5 Å². The zero-order chi connectivity index (χ0) is 26.5. The SMILES string of the molecule is CC[C@H](c1nnnn1Cc1ccccc1)N(Cc1ccc(C)cc1)Cc1cc2ccc(OC)cc2[nH]c1=O. The van der Waals surface area contributed by atoms with Gasteiger partial charge in [-0.3, -0.25) is 9.69 Å². The first-order valence-electron chi connectivity index (χ1n) is 12.8. The van der Waals surface area contributed by atoms with Gasteiger partial charge in [-0.15, -0.1) is 5.10 Å². The summed E-state index contributed by atoms with van der Waals surface area (Å²) in [4.78, 5) is 18.5. The van der Waals surface area contributed by atoms with E-state index in [1.165, 1.54) is 5.56 Å². The van der Waals surface area contributed by atoms with E-state index in [1.54, 1.807) is 7.11 Å². The fourth-order valence-electron chi connectivity index (χ4n) is 4.82. The number of aromatic amines is 1. The molecule has 0 aliphatic heterocycles. The van der Waals surface area contributed by atoms with Crippen molar-refractivity contribution in [2.45, 2.75) is 45.9 Å². The first-order valence-corrected chi connectivity index (χ1v) is 12.8. The number of methoxy groups -OCH3 is 1. The van der Waals surface area contributed by atoms with Gasteiger partial charge in [-0.1, -0.05) is 67.1 Å². The lowest BCUT2D eigenvalue weighted by Crippen LogP contribution is -2.32. The molecule has 0 radical (unpaired) electrons. The molecule has 0 aliphatic carbocycles. The number of rotatable bonds is 10. The molecule has 0 bridgehead atoms. The summed E-state index contributed by atoms with van der Waals surface area (Å²) in [6, 6.07) is 26.3. The van der Waals surface area contributed by atoms with Crippen molar-refractivity contribution in [2.75, 3.05) is 7.11 Å². The number of hydrogen-bond donors (Lipinski definition) is 1. The highest BCUT2D eigenvalue weighted by molar-refractivity contribution is 5.80. The van der Waals surface area contributed by atoms with Gasteiger partial charge in [-0.05, 0) is 58.5 Å². The van der Waals surface area contributed by atoms with Crippen LogP contribution in [0.15, 0.2) is 83.7 Å². The van der Waals surface area contributed by atoms with Gasteiger partial charge in [0.1, 0.15) is 5.75 Å². The molecule has 0 amide bonds. The number of aryl methyl sites for hydroxylation is 1. The van der Waals surface area contributed by atoms with Crippen LogP contribution in [0.2, 0.25) is 0 Å².